The number of hydrogen-bond donors (Lipinski definition) is 1. The number of pyridine rings is 1. The SMILES string of the molecule is Cc1ncc2ccc(-c3cnn(C)c3)cc2c1O[C@H]1C[C@@H](O)C1. The number of aromatic nitrogens is 3. The highest BCUT2D eigenvalue weighted by molar-refractivity contribution is 5.92. The van der Waals surface area contributed by atoms with Gasteiger partial charge < -0.3 is 9.84 Å². The zero-order chi connectivity index (χ0) is 16.0. The van der Waals surface area contributed by atoms with Crippen LogP contribution in [0.5, 0.6) is 5.75 Å². The topological polar surface area (TPSA) is 60.2 Å². The molecular weight excluding hydrogens is 290 g/mol. The van der Waals surface area contributed by atoms with Crippen molar-refractivity contribution >= 4 is 10.8 Å². The van der Waals surface area contributed by atoms with E-state index in [4.69, 9.17) is 4.74 Å². The minimum absolute atomic E-state index is 0.0816. The second kappa shape index (κ2) is 5.35. The van der Waals surface area contributed by atoms with Crippen molar-refractivity contribution in [3.05, 3.63) is 42.5 Å². The molecule has 0 spiro atoms. The molecule has 0 unspecified atom stereocenters. The molecular formula is C18H19N3O2. The lowest BCUT2D eigenvalue weighted by molar-refractivity contribution is -0.0105. The van der Waals surface area contributed by atoms with Crippen LogP contribution in [0.25, 0.3) is 21.9 Å². The van der Waals surface area contributed by atoms with E-state index in [2.05, 4.69) is 28.3 Å². The predicted molar refractivity (Wildman–Crippen MR) is 88.3 cm³/mol. The van der Waals surface area contributed by atoms with Gasteiger partial charge in [0.1, 0.15) is 11.9 Å². The highest BCUT2D eigenvalue weighted by Gasteiger charge is 2.30. The van der Waals surface area contributed by atoms with Crippen molar-refractivity contribution in [1.82, 2.24) is 14.8 Å². The summed E-state index contributed by atoms with van der Waals surface area (Å²) in [6.07, 6.45) is 6.97. The van der Waals surface area contributed by atoms with Gasteiger partial charge in [-0.2, -0.15) is 5.10 Å². The smallest absolute Gasteiger partial charge is 0.148 e. The standard InChI is InChI=1S/C18H19N3O2/c1-11-18(23-16-6-15(22)7-16)17-5-12(3-4-13(17)8-19-11)14-9-20-21(2)10-14/h3-5,8-10,15-16,22H,6-7H2,1-2H3/t15-,16+. The van der Waals surface area contributed by atoms with Crippen LogP contribution in [0.15, 0.2) is 36.8 Å². The van der Waals surface area contributed by atoms with E-state index in [-0.39, 0.29) is 12.2 Å². The molecule has 1 saturated carbocycles. The average Bonchev–Trinajstić information content (AvgIpc) is 2.94. The molecule has 0 saturated heterocycles. The molecule has 1 aliphatic rings. The fraction of sp³-hybridized carbons (Fsp3) is 0.333. The number of aliphatic hydroxyl groups is 1. The molecule has 23 heavy (non-hydrogen) atoms. The van der Waals surface area contributed by atoms with Crippen LogP contribution in [0.2, 0.25) is 0 Å². The van der Waals surface area contributed by atoms with E-state index in [0.29, 0.717) is 12.8 Å². The Labute approximate surface area is 134 Å². The third-order valence-electron chi connectivity index (χ3n) is 4.42. The highest BCUT2D eigenvalue weighted by atomic mass is 16.5. The Morgan fingerprint density at radius 3 is 2.74 bits per heavy atom. The number of nitrogens with zero attached hydrogens (tertiary/aromatic N) is 3. The zero-order valence-electron chi connectivity index (χ0n) is 13.2. The molecule has 0 bridgehead atoms. The molecule has 5 heteroatoms. The summed E-state index contributed by atoms with van der Waals surface area (Å²) in [6, 6.07) is 6.27. The van der Waals surface area contributed by atoms with Crippen LogP contribution in [0, 0.1) is 6.92 Å². The fourth-order valence-corrected chi connectivity index (χ4v) is 2.98. The minimum atomic E-state index is -0.228. The molecule has 0 radical (unpaired) electrons. The molecule has 5 nitrogen and oxygen atoms in total. The molecule has 0 amide bonds. The number of aliphatic hydroxyl groups excluding tert-OH is 1. The Morgan fingerprint density at radius 2 is 2.04 bits per heavy atom. The summed E-state index contributed by atoms with van der Waals surface area (Å²) in [4.78, 5) is 4.44. The van der Waals surface area contributed by atoms with Gasteiger partial charge in [0.15, 0.2) is 0 Å². The number of fused-ring (bicyclic) bond motifs is 1. The molecule has 0 aliphatic heterocycles. The lowest BCUT2D eigenvalue weighted by Crippen LogP contribution is -2.37. The van der Waals surface area contributed by atoms with Gasteiger partial charge in [-0.25, -0.2) is 0 Å². The summed E-state index contributed by atoms with van der Waals surface area (Å²) in [5.74, 6) is 0.824. The number of hydrogen-bond acceptors (Lipinski definition) is 4. The number of rotatable bonds is 3. The maximum Gasteiger partial charge on any atom is 0.148 e. The molecule has 2 heterocycles. The lowest BCUT2D eigenvalue weighted by atomic mass is 9.92. The summed E-state index contributed by atoms with van der Waals surface area (Å²) in [5, 5.41) is 15.8. The third-order valence-corrected chi connectivity index (χ3v) is 4.42. The van der Waals surface area contributed by atoms with Crippen LogP contribution in [-0.2, 0) is 7.05 Å². The van der Waals surface area contributed by atoms with Crippen LogP contribution in [0.1, 0.15) is 18.5 Å². The predicted octanol–water partition coefficient (Wildman–Crippen LogP) is 2.85. The zero-order valence-corrected chi connectivity index (χ0v) is 13.2. The van der Waals surface area contributed by atoms with E-state index in [1.165, 1.54) is 0 Å². The molecule has 1 fully saturated rings. The Morgan fingerprint density at radius 1 is 1.22 bits per heavy atom. The first-order valence-corrected chi connectivity index (χ1v) is 7.83. The molecule has 3 aromatic rings. The molecule has 4 rings (SSSR count). The molecule has 1 aromatic carbocycles. The normalized spacial score (nSPS) is 20.5. The van der Waals surface area contributed by atoms with Crippen LogP contribution in [0.3, 0.4) is 0 Å². The Kier molecular flexibility index (Phi) is 3.31. The highest BCUT2D eigenvalue weighted by Crippen LogP contribution is 2.35. The van der Waals surface area contributed by atoms with Crippen LogP contribution >= 0.6 is 0 Å². The van der Waals surface area contributed by atoms with Crippen molar-refractivity contribution in [2.45, 2.75) is 32.0 Å². The average molecular weight is 309 g/mol. The lowest BCUT2D eigenvalue weighted by Gasteiger charge is -2.32. The van der Waals surface area contributed by atoms with Gasteiger partial charge in [-0.15, -0.1) is 0 Å². The van der Waals surface area contributed by atoms with Crippen molar-refractivity contribution < 1.29 is 9.84 Å². The number of aryl methyl sites for hydroxylation is 2. The molecule has 2 aromatic heterocycles. The number of benzene rings is 1. The van der Waals surface area contributed by atoms with Gasteiger partial charge in [0.05, 0.1) is 18.0 Å². The Hall–Kier alpha value is -2.40. The summed E-state index contributed by atoms with van der Waals surface area (Å²) in [7, 11) is 1.91. The largest absolute Gasteiger partial charge is 0.488 e. The summed E-state index contributed by atoms with van der Waals surface area (Å²) >= 11 is 0. The maximum absolute atomic E-state index is 9.47. The fourth-order valence-electron chi connectivity index (χ4n) is 2.98. The quantitative estimate of drug-likeness (QED) is 0.808. The van der Waals surface area contributed by atoms with Gasteiger partial charge in [0.25, 0.3) is 0 Å². The van der Waals surface area contributed by atoms with Crippen LogP contribution in [-0.4, -0.2) is 32.1 Å². The van der Waals surface area contributed by atoms with Gasteiger partial charge in [-0.1, -0.05) is 12.1 Å². The van der Waals surface area contributed by atoms with E-state index in [0.717, 1.165) is 33.3 Å². The first kappa shape index (κ1) is 14.2. The van der Waals surface area contributed by atoms with Crippen molar-refractivity contribution in [2.75, 3.05) is 0 Å². The second-order valence-corrected chi connectivity index (χ2v) is 6.24. The first-order chi connectivity index (χ1) is 11.1. The van der Waals surface area contributed by atoms with Crippen LogP contribution in [0.4, 0.5) is 0 Å². The van der Waals surface area contributed by atoms with Crippen molar-refractivity contribution in [3.63, 3.8) is 0 Å². The first-order valence-electron chi connectivity index (χ1n) is 7.83. The molecule has 1 aliphatic carbocycles. The van der Waals surface area contributed by atoms with Crippen molar-refractivity contribution in [2.24, 2.45) is 7.05 Å². The van der Waals surface area contributed by atoms with Crippen LogP contribution < -0.4 is 4.74 Å². The molecule has 118 valence electrons. The Balaban J connectivity index is 1.78. The van der Waals surface area contributed by atoms with E-state index in [1.807, 2.05) is 32.6 Å². The molecule has 0 atom stereocenters. The van der Waals surface area contributed by atoms with E-state index < -0.39 is 0 Å². The maximum atomic E-state index is 9.47. The summed E-state index contributed by atoms with van der Waals surface area (Å²) in [5.41, 5.74) is 3.06. The van der Waals surface area contributed by atoms with E-state index in [9.17, 15) is 5.11 Å². The van der Waals surface area contributed by atoms with Gasteiger partial charge in [-0.3, -0.25) is 9.67 Å². The molecule has 1 N–H and O–H groups in total. The summed E-state index contributed by atoms with van der Waals surface area (Å²) < 4.78 is 7.91. The monoisotopic (exact) mass is 309 g/mol. The summed E-state index contributed by atoms with van der Waals surface area (Å²) in [6.45, 7) is 1.96. The van der Waals surface area contributed by atoms with Gasteiger partial charge in [0.2, 0.25) is 0 Å². The van der Waals surface area contributed by atoms with Gasteiger partial charge in [-0.05, 0) is 18.6 Å². The second-order valence-electron chi connectivity index (χ2n) is 6.24. The van der Waals surface area contributed by atoms with Crippen molar-refractivity contribution in [1.29, 1.82) is 0 Å². The Bertz CT molecular complexity index is 866. The van der Waals surface area contributed by atoms with E-state index in [1.54, 1.807) is 4.68 Å². The minimum Gasteiger partial charge on any atom is -0.488 e. The third kappa shape index (κ3) is 2.57. The van der Waals surface area contributed by atoms with Gasteiger partial charge in [0, 0.05) is 48.6 Å². The van der Waals surface area contributed by atoms with Crippen molar-refractivity contribution in [3.8, 4) is 16.9 Å². The number of ether oxygens (including phenoxy) is 1. The van der Waals surface area contributed by atoms with Gasteiger partial charge >= 0.3 is 0 Å². The van der Waals surface area contributed by atoms with E-state index >= 15 is 0 Å².